The van der Waals surface area contributed by atoms with Gasteiger partial charge in [-0.05, 0) is 35.4 Å². The van der Waals surface area contributed by atoms with Gasteiger partial charge in [-0.1, -0.05) is 18.2 Å². The van der Waals surface area contributed by atoms with Crippen molar-refractivity contribution in [2.24, 2.45) is 0 Å². The van der Waals surface area contributed by atoms with Crippen LogP contribution in [0.5, 0.6) is 23.0 Å². The Hall–Kier alpha value is -2.82. The molecule has 0 aliphatic carbocycles. The number of aliphatic hydroxyl groups is 4. The second-order valence-corrected chi connectivity index (χ2v) is 6.49. The van der Waals surface area contributed by atoms with Crippen molar-refractivity contribution in [3.8, 4) is 23.0 Å². The van der Waals surface area contributed by atoms with Gasteiger partial charge in [-0.15, -0.1) is 0 Å². The van der Waals surface area contributed by atoms with Gasteiger partial charge in [0.15, 0.2) is 11.5 Å². The first-order valence-electron chi connectivity index (χ1n) is 9.63. The summed E-state index contributed by atoms with van der Waals surface area (Å²) in [6.45, 7) is -0.657. The van der Waals surface area contributed by atoms with Gasteiger partial charge in [0.2, 0.25) is 6.29 Å². The maximum Gasteiger partial charge on any atom is 0.229 e. The largest absolute Gasteiger partial charge is 0.508 e. The summed E-state index contributed by atoms with van der Waals surface area (Å²) in [5.74, 6) is -1.22. The summed E-state index contributed by atoms with van der Waals surface area (Å²) in [6.07, 6.45) is -7.71. The Morgan fingerprint density at radius 2 is 1.55 bits per heavy atom. The molecule has 0 aromatic heterocycles. The van der Waals surface area contributed by atoms with Crippen LogP contribution in [0.25, 0.3) is 12.1 Å². The molecule has 0 unspecified atom stereocenters. The molecule has 1 aliphatic heterocycles. The summed E-state index contributed by atoms with van der Waals surface area (Å²) in [5, 5.41) is 68.3. The number of ether oxygens (including phenoxy) is 2. The predicted octanol–water partition coefficient (Wildman–Crippen LogP) is 0.152. The number of phenols is 3. The van der Waals surface area contributed by atoms with E-state index in [0.717, 1.165) is 6.07 Å². The highest BCUT2D eigenvalue weighted by Gasteiger charge is 2.44. The molecule has 9 heteroatoms. The zero-order valence-corrected chi connectivity index (χ0v) is 15.0. The quantitative estimate of drug-likeness (QED) is 0.342. The van der Waals surface area contributed by atoms with Crippen LogP contribution in [0, 0.1) is 0 Å². The lowest BCUT2D eigenvalue weighted by Gasteiger charge is -2.39. The summed E-state index contributed by atoms with van der Waals surface area (Å²) >= 11 is 0. The first-order valence-corrected chi connectivity index (χ1v) is 8.63. The molecular formula is C20H22O9. The molecule has 1 aliphatic rings. The van der Waals surface area contributed by atoms with Crippen LogP contribution in [0.3, 0.4) is 0 Å². The maximum atomic E-state index is 10.1. The Bertz CT molecular complexity index is 959. The van der Waals surface area contributed by atoms with E-state index in [0.29, 0.717) is 0 Å². The molecule has 7 N–H and O–H groups in total. The summed E-state index contributed by atoms with van der Waals surface area (Å²) in [6, 6.07) is 6.50. The van der Waals surface area contributed by atoms with Crippen molar-refractivity contribution in [2.45, 2.75) is 30.7 Å². The molecule has 5 atom stereocenters. The zero-order chi connectivity index (χ0) is 22.9. The summed E-state index contributed by atoms with van der Waals surface area (Å²) in [7, 11) is 0. The Labute approximate surface area is 168 Å². The molecule has 156 valence electrons. The molecule has 0 radical (unpaired) electrons. The number of hydrogen-bond acceptors (Lipinski definition) is 9. The molecule has 1 heterocycles. The lowest BCUT2D eigenvalue weighted by Crippen LogP contribution is -2.60. The third-order valence-electron chi connectivity index (χ3n) is 4.31. The van der Waals surface area contributed by atoms with Crippen molar-refractivity contribution in [3.05, 3.63) is 47.5 Å². The fourth-order valence-corrected chi connectivity index (χ4v) is 2.79. The third kappa shape index (κ3) is 4.78. The van der Waals surface area contributed by atoms with Crippen molar-refractivity contribution >= 4 is 12.1 Å². The highest BCUT2D eigenvalue weighted by Crippen LogP contribution is 2.32. The van der Waals surface area contributed by atoms with Gasteiger partial charge in [0, 0.05) is 6.07 Å². The number of aliphatic hydroxyl groups excluding tert-OH is 4. The first-order chi connectivity index (χ1) is 14.6. The van der Waals surface area contributed by atoms with E-state index in [4.69, 9.17) is 12.2 Å². The molecule has 0 saturated carbocycles. The van der Waals surface area contributed by atoms with Crippen LogP contribution in [0.2, 0.25) is 0 Å². The molecule has 0 amide bonds. The minimum absolute atomic E-state index is 0.0759. The minimum Gasteiger partial charge on any atom is -0.508 e. The average molecular weight is 408 g/mol. The molecule has 29 heavy (non-hydrogen) atoms. The van der Waals surface area contributed by atoms with Gasteiger partial charge in [-0.2, -0.15) is 0 Å². The van der Waals surface area contributed by atoms with E-state index in [-0.39, 0.29) is 40.5 Å². The van der Waals surface area contributed by atoms with E-state index >= 15 is 0 Å². The lowest BCUT2D eigenvalue weighted by molar-refractivity contribution is -0.277. The van der Waals surface area contributed by atoms with Gasteiger partial charge in [-0.25, -0.2) is 0 Å². The van der Waals surface area contributed by atoms with Crippen LogP contribution in [-0.4, -0.2) is 73.1 Å². The third-order valence-corrected chi connectivity index (χ3v) is 4.31. The number of aromatic hydroxyl groups is 3. The smallest absolute Gasteiger partial charge is 0.229 e. The van der Waals surface area contributed by atoms with E-state index in [9.17, 15) is 35.7 Å². The topological polar surface area (TPSA) is 160 Å². The first kappa shape index (κ1) is 18.2. The molecule has 9 nitrogen and oxygen atoms in total. The van der Waals surface area contributed by atoms with E-state index in [1.807, 2.05) is 0 Å². The van der Waals surface area contributed by atoms with Crippen LogP contribution in [0.1, 0.15) is 13.9 Å². The van der Waals surface area contributed by atoms with Crippen molar-refractivity contribution in [1.29, 1.82) is 0 Å². The lowest BCUT2D eigenvalue weighted by atomic mass is 9.99. The van der Waals surface area contributed by atoms with Gasteiger partial charge in [-0.3, -0.25) is 0 Å². The van der Waals surface area contributed by atoms with Crippen molar-refractivity contribution in [3.63, 3.8) is 0 Å². The second kappa shape index (κ2) is 8.68. The number of hydrogen-bond donors (Lipinski definition) is 7. The molecule has 1 saturated heterocycles. The van der Waals surface area contributed by atoms with Crippen LogP contribution >= 0.6 is 0 Å². The molecule has 2 aromatic rings. The fourth-order valence-electron chi connectivity index (χ4n) is 2.79. The van der Waals surface area contributed by atoms with Crippen LogP contribution in [-0.2, 0) is 4.74 Å². The summed E-state index contributed by atoms with van der Waals surface area (Å²) in [5.41, 5.74) is 0.192. The van der Waals surface area contributed by atoms with Crippen molar-refractivity contribution in [2.75, 3.05) is 6.61 Å². The molecule has 0 spiro atoms. The van der Waals surface area contributed by atoms with Gasteiger partial charge in [0.1, 0.15) is 35.9 Å². The fraction of sp³-hybridized carbons (Fsp3) is 0.300. The number of benzene rings is 2. The number of rotatable bonds is 5. The Morgan fingerprint density at radius 1 is 0.897 bits per heavy atom. The van der Waals surface area contributed by atoms with Crippen molar-refractivity contribution < 1.29 is 48.0 Å². The predicted molar refractivity (Wildman–Crippen MR) is 101 cm³/mol. The van der Waals surface area contributed by atoms with Gasteiger partial charge in [0.25, 0.3) is 0 Å². The van der Waals surface area contributed by atoms with Gasteiger partial charge in [0.05, 0.1) is 9.35 Å². The SMILES string of the molecule is [2H]/C(=C(/[2H])c1ccc(O)c(O[C@@H]2O[C@H](CO)[C@@H](O)[C@H](O)[C@H]2O)c1)c1cc(O)cc(O)c1. The minimum atomic E-state index is -1.70. The average Bonchev–Trinajstić information content (AvgIpc) is 2.73. The molecule has 2 aromatic carbocycles. The maximum absolute atomic E-state index is 10.1. The number of phenolic OH excluding ortho intramolecular Hbond substituents is 3. The highest BCUT2D eigenvalue weighted by atomic mass is 16.7. The Morgan fingerprint density at radius 3 is 2.21 bits per heavy atom. The Kier molecular flexibility index (Phi) is 5.46. The van der Waals surface area contributed by atoms with Gasteiger partial charge < -0.3 is 45.2 Å². The van der Waals surface area contributed by atoms with E-state index in [1.165, 1.54) is 30.3 Å². The standard InChI is InChI=1S/C20H22O9/c21-9-16-17(25)18(26)19(27)20(29-16)28-15-7-10(3-4-14(15)24)1-2-11-5-12(22)8-13(23)6-11/h1-8,16-27H,9H2/b2-1+/t16-,17-,18+,19-,20-/m1/s1/i1D,2D. The summed E-state index contributed by atoms with van der Waals surface area (Å²) < 4.78 is 27.1. The summed E-state index contributed by atoms with van der Waals surface area (Å²) in [4.78, 5) is 0. The van der Waals surface area contributed by atoms with E-state index in [2.05, 4.69) is 0 Å². The molecule has 3 rings (SSSR count). The normalized spacial score (nSPS) is 28.9. The monoisotopic (exact) mass is 408 g/mol. The van der Waals surface area contributed by atoms with Gasteiger partial charge >= 0.3 is 0 Å². The van der Waals surface area contributed by atoms with Crippen molar-refractivity contribution in [1.82, 2.24) is 0 Å². The molecule has 0 bridgehead atoms. The second-order valence-electron chi connectivity index (χ2n) is 6.49. The Balaban J connectivity index is 1.91. The van der Waals surface area contributed by atoms with E-state index < -0.39 is 43.1 Å². The van der Waals surface area contributed by atoms with Crippen LogP contribution < -0.4 is 4.74 Å². The van der Waals surface area contributed by atoms with E-state index in [1.54, 1.807) is 0 Å². The molecular weight excluding hydrogens is 384 g/mol. The van der Waals surface area contributed by atoms with Crippen LogP contribution in [0.4, 0.5) is 0 Å². The highest BCUT2D eigenvalue weighted by molar-refractivity contribution is 5.72. The zero-order valence-electron chi connectivity index (χ0n) is 17.0. The van der Waals surface area contributed by atoms with Crippen LogP contribution in [0.15, 0.2) is 36.4 Å². The molecule has 1 fully saturated rings.